The SMILES string of the molecule is Cl.O=C(C1CC2CCCCC2N1)N1CCN(C(=O)C2CCCO2)CC1. The van der Waals surface area contributed by atoms with Crippen molar-refractivity contribution in [3.8, 4) is 0 Å². The first-order valence-electron chi connectivity index (χ1n) is 9.67. The summed E-state index contributed by atoms with van der Waals surface area (Å²) < 4.78 is 5.50. The topological polar surface area (TPSA) is 61.9 Å². The second-order valence-electron chi connectivity index (χ2n) is 7.76. The van der Waals surface area contributed by atoms with Crippen molar-refractivity contribution >= 4 is 24.2 Å². The average Bonchev–Trinajstić information content (AvgIpc) is 3.30. The zero-order valence-corrected chi connectivity index (χ0v) is 15.6. The summed E-state index contributed by atoms with van der Waals surface area (Å²) in [6, 6.07) is 0.550. The number of carbonyl (C=O) groups is 2. The molecule has 0 radical (unpaired) electrons. The number of rotatable bonds is 2. The van der Waals surface area contributed by atoms with Crippen LogP contribution >= 0.6 is 12.4 Å². The van der Waals surface area contributed by atoms with E-state index in [9.17, 15) is 9.59 Å². The largest absolute Gasteiger partial charge is 0.368 e. The van der Waals surface area contributed by atoms with Crippen LogP contribution in [0.4, 0.5) is 0 Å². The molecule has 6 nitrogen and oxygen atoms in total. The third-order valence-corrected chi connectivity index (χ3v) is 6.27. The van der Waals surface area contributed by atoms with Crippen LogP contribution in [0.3, 0.4) is 0 Å². The van der Waals surface area contributed by atoms with Gasteiger partial charge in [0.2, 0.25) is 5.91 Å². The molecule has 4 atom stereocenters. The summed E-state index contributed by atoms with van der Waals surface area (Å²) in [5.74, 6) is 1.05. The maximum Gasteiger partial charge on any atom is 0.251 e. The van der Waals surface area contributed by atoms with E-state index in [1.165, 1.54) is 25.7 Å². The highest BCUT2D eigenvalue weighted by molar-refractivity contribution is 5.85. The van der Waals surface area contributed by atoms with E-state index in [1.807, 2.05) is 9.80 Å². The van der Waals surface area contributed by atoms with Gasteiger partial charge >= 0.3 is 0 Å². The molecule has 3 saturated heterocycles. The summed E-state index contributed by atoms with van der Waals surface area (Å²) >= 11 is 0. The molecular formula is C18H30ClN3O3. The zero-order chi connectivity index (χ0) is 16.5. The number of carbonyl (C=O) groups excluding carboxylic acids is 2. The second-order valence-corrected chi connectivity index (χ2v) is 7.76. The van der Waals surface area contributed by atoms with Crippen LogP contribution in [0.15, 0.2) is 0 Å². The number of fused-ring (bicyclic) bond motifs is 1. The Morgan fingerprint density at radius 2 is 1.56 bits per heavy atom. The van der Waals surface area contributed by atoms with Crippen molar-refractivity contribution in [1.82, 2.24) is 15.1 Å². The van der Waals surface area contributed by atoms with Gasteiger partial charge in [0.05, 0.1) is 6.04 Å². The predicted molar refractivity (Wildman–Crippen MR) is 96.7 cm³/mol. The van der Waals surface area contributed by atoms with Crippen molar-refractivity contribution in [3.05, 3.63) is 0 Å². The first-order chi connectivity index (χ1) is 11.7. The molecule has 4 aliphatic rings. The van der Waals surface area contributed by atoms with Crippen LogP contribution in [0, 0.1) is 5.92 Å². The fourth-order valence-corrected chi connectivity index (χ4v) is 4.85. The molecule has 3 aliphatic heterocycles. The quantitative estimate of drug-likeness (QED) is 0.791. The molecule has 1 saturated carbocycles. The third-order valence-electron chi connectivity index (χ3n) is 6.27. The number of halogens is 1. The minimum Gasteiger partial charge on any atom is -0.368 e. The van der Waals surface area contributed by atoms with E-state index in [2.05, 4.69) is 5.32 Å². The summed E-state index contributed by atoms with van der Waals surface area (Å²) in [7, 11) is 0. The maximum atomic E-state index is 12.8. The van der Waals surface area contributed by atoms with Gasteiger partial charge in [-0.2, -0.15) is 0 Å². The van der Waals surface area contributed by atoms with E-state index in [1.54, 1.807) is 0 Å². The molecule has 0 aromatic heterocycles. The minimum atomic E-state index is -0.244. The number of ether oxygens (including phenoxy) is 1. The van der Waals surface area contributed by atoms with E-state index < -0.39 is 0 Å². The van der Waals surface area contributed by atoms with Gasteiger partial charge in [-0.15, -0.1) is 12.4 Å². The fourth-order valence-electron chi connectivity index (χ4n) is 4.85. The van der Waals surface area contributed by atoms with Crippen molar-refractivity contribution in [3.63, 3.8) is 0 Å². The first-order valence-corrected chi connectivity index (χ1v) is 9.67. The first kappa shape index (κ1) is 18.9. The molecule has 0 aromatic rings. The molecular weight excluding hydrogens is 342 g/mol. The highest BCUT2D eigenvalue weighted by Gasteiger charge is 2.40. The monoisotopic (exact) mass is 371 g/mol. The van der Waals surface area contributed by atoms with E-state index in [-0.39, 0.29) is 36.4 Å². The highest BCUT2D eigenvalue weighted by Crippen LogP contribution is 2.33. The Hall–Kier alpha value is -0.850. The highest BCUT2D eigenvalue weighted by atomic mass is 35.5. The van der Waals surface area contributed by atoms with E-state index >= 15 is 0 Å². The summed E-state index contributed by atoms with van der Waals surface area (Å²) in [4.78, 5) is 29.0. The van der Waals surface area contributed by atoms with Gasteiger partial charge in [-0.05, 0) is 38.0 Å². The Morgan fingerprint density at radius 3 is 2.20 bits per heavy atom. The van der Waals surface area contributed by atoms with Crippen LogP contribution in [0.1, 0.15) is 44.9 Å². The smallest absolute Gasteiger partial charge is 0.251 e. The van der Waals surface area contributed by atoms with Crippen LogP contribution < -0.4 is 5.32 Å². The van der Waals surface area contributed by atoms with Gasteiger partial charge < -0.3 is 19.9 Å². The lowest BCUT2D eigenvalue weighted by Crippen LogP contribution is -2.56. The van der Waals surface area contributed by atoms with Gasteiger partial charge in [0.25, 0.3) is 5.91 Å². The zero-order valence-electron chi connectivity index (χ0n) is 14.8. The lowest BCUT2D eigenvalue weighted by atomic mass is 9.85. The molecule has 4 rings (SSSR count). The van der Waals surface area contributed by atoms with Gasteiger partial charge in [-0.3, -0.25) is 9.59 Å². The summed E-state index contributed by atoms with van der Waals surface area (Å²) in [5.41, 5.74) is 0. The van der Waals surface area contributed by atoms with Crippen molar-refractivity contribution in [1.29, 1.82) is 0 Å². The number of hydrogen-bond acceptors (Lipinski definition) is 4. The average molecular weight is 372 g/mol. The summed E-state index contributed by atoms with van der Waals surface area (Å²) in [5, 5.41) is 3.58. The Bertz CT molecular complexity index is 476. The Balaban J connectivity index is 0.00000182. The molecule has 1 N–H and O–H groups in total. The Morgan fingerprint density at radius 1 is 0.880 bits per heavy atom. The third kappa shape index (κ3) is 3.96. The van der Waals surface area contributed by atoms with Crippen molar-refractivity contribution < 1.29 is 14.3 Å². The van der Waals surface area contributed by atoms with Crippen molar-refractivity contribution in [2.75, 3.05) is 32.8 Å². The maximum absolute atomic E-state index is 12.8. The number of piperazine rings is 1. The summed E-state index contributed by atoms with van der Waals surface area (Å²) in [6.45, 7) is 3.30. The van der Waals surface area contributed by atoms with Crippen LogP contribution in [-0.2, 0) is 14.3 Å². The predicted octanol–water partition coefficient (Wildman–Crippen LogP) is 1.18. The van der Waals surface area contributed by atoms with Crippen molar-refractivity contribution in [2.45, 2.75) is 63.1 Å². The lowest BCUT2D eigenvalue weighted by molar-refractivity contribution is -0.146. The Kier molecular flexibility index (Phi) is 6.23. The summed E-state index contributed by atoms with van der Waals surface area (Å²) in [6.07, 6.45) is 7.67. The van der Waals surface area contributed by atoms with Crippen molar-refractivity contribution in [2.24, 2.45) is 5.92 Å². The molecule has 7 heteroatoms. The van der Waals surface area contributed by atoms with Gasteiger partial charge in [0.1, 0.15) is 6.10 Å². The number of hydrogen-bond donors (Lipinski definition) is 1. The molecule has 0 aromatic carbocycles. The molecule has 2 amide bonds. The minimum absolute atomic E-state index is 0. The second kappa shape index (κ2) is 8.23. The Labute approximate surface area is 156 Å². The molecule has 0 bridgehead atoms. The van der Waals surface area contributed by atoms with Crippen LogP contribution in [0.5, 0.6) is 0 Å². The number of nitrogens with zero attached hydrogens (tertiary/aromatic N) is 2. The standard InChI is InChI=1S/C18H29N3O3.ClH/c22-17(15-12-13-4-1-2-5-14(13)19-15)20-7-9-21(10-8-20)18(23)16-6-3-11-24-16;/h13-16,19H,1-12H2;1H. The van der Waals surface area contributed by atoms with E-state index in [4.69, 9.17) is 4.74 Å². The van der Waals surface area contributed by atoms with Crippen LogP contribution in [-0.4, -0.2) is 72.6 Å². The van der Waals surface area contributed by atoms with Crippen LogP contribution in [0.25, 0.3) is 0 Å². The molecule has 25 heavy (non-hydrogen) atoms. The van der Waals surface area contributed by atoms with E-state index in [0.717, 1.165) is 19.3 Å². The van der Waals surface area contributed by atoms with Gasteiger partial charge in [-0.25, -0.2) is 0 Å². The molecule has 3 heterocycles. The van der Waals surface area contributed by atoms with Crippen LogP contribution in [0.2, 0.25) is 0 Å². The number of nitrogens with one attached hydrogen (secondary N) is 1. The molecule has 1 aliphatic carbocycles. The van der Waals surface area contributed by atoms with Gasteiger partial charge in [0.15, 0.2) is 0 Å². The fraction of sp³-hybridized carbons (Fsp3) is 0.889. The van der Waals surface area contributed by atoms with Gasteiger partial charge in [0, 0.05) is 38.8 Å². The normalized spacial score (nSPS) is 35.2. The molecule has 4 fully saturated rings. The number of amides is 2. The molecule has 0 spiro atoms. The van der Waals surface area contributed by atoms with E-state index in [0.29, 0.717) is 44.7 Å². The molecule has 4 unspecified atom stereocenters. The molecule has 142 valence electrons. The lowest BCUT2D eigenvalue weighted by Gasteiger charge is -2.36. The van der Waals surface area contributed by atoms with Gasteiger partial charge in [-0.1, -0.05) is 12.8 Å².